The Morgan fingerprint density at radius 2 is 2.10 bits per heavy atom. The second-order valence-electron chi connectivity index (χ2n) is 4.36. The van der Waals surface area contributed by atoms with Crippen LogP contribution >= 0.6 is 11.6 Å². The van der Waals surface area contributed by atoms with E-state index < -0.39 is 0 Å². The highest BCUT2D eigenvalue weighted by Crippen LogP contribution is 2.27. The third-order valence-corrected chi connectivity index (χ3v) is 3.26. The molecule has 0 atom stereocenters. The van der Waals surface area contributed by atoms with Gasteiger partial charge in [0.2, 0.25) is 0 Å². The largest absolute Gasteiger partial charge is 0.384 e. The van der Waals surface area contributed by atoms with E-state index in [1.807, 2.05) is 0 Å². The number of nitrogens with one attached hydrogen (secondary N) is 1. The number of anilines is 1. The fourth-order valence-corrected chi connectivity index (χ4v) is 2.22. The summed E-state index contributed by atoms with van der Waals surface area (Å²) in [6.07, 6.45) is 1.52. The van der Waals surface area contributed by atoms with Crippen LogP contribution in [0.4, 0.5) is 10.2 Å². The molecule has 1 aromatic carbocycles. The van der Waals surface area contributed by atoms with E-state index in [0.717, 1.165) is 0 Å². The number of hydrogen-bond donors (Lipinski definition) is 2. The van der Waals surface area contributed by atoms with Gasteiger partial charge in [0.25, 0.3) is 0 Å². The van der Waals surface area contributed by atoms with E-state index in [4.69, 9.17) is 22.7 Å². The summed E-state index contributed by atoms with van der Waals surface area (Å²) in [5.41, 5.74) is 6.41. The zero-order valence-electron chi connectivity index (χ0n) is 10.9. The molecule has 0 saturated heterocycles. The van der Waals surface area contributed by atoms with Crippen molar-refractivity contribution in [1.82, 2.24) is 4.98 Å². The van der Waals surface area contributed by atoms with E-state index in [1.165, 1.54) is 12.3 Å². The number of rotatable bonds is 4. The number of aromatic nitrogens is 1. The SMILES string of the molecule is CN(Cc1ccccc1F)c1nccc(C(=N)N)c1Cl. The molecule has 0 spiro atoms. The quantitative estimate of drug-likeness (QED) is 0.673. The number of nitrogen functional groups attached to an aromatic ring is 1. The first-order chi connectivity index (χ1) is 9.50. The maximum Gasteiger partial charge on any atom is 0.148 e. The second-order valence-corrected chi connectivity index (χ2v) is 4.74. The Hall–Kier alpha value is -2.14. The molecular weight excluding hydrogens is 279 g/mol. The summed E-state index contributed by atoms with van der Waals surface area (Å²) >= 11 is 6.19. The second kappa shape index (κ2) is 5.88. The Morgan fingerprint density at radius 3 is 2.75 bits per heavy atom. The third kappa shape index (κ3) is 2.88. The summed E-state index contributed by atoms with van der Waals surface area (Å²) in [7, 11) is 1.75. The van der Waals surface area contributed by atoms with Gasteiger partial charge in [0, 0.05) is 30.9 Å². The molecule has 1 aromatic heterocycles. The zero-order chi connectivity index (χ0) is 14.7. The van der Waals surface area contributed by atoms with Gasteiger partial charge in [0.1, 0.15) is 17.5 Å². The van der Waals surface area contributed by atoms with Crippen LogP contribution in [0.3, 0.4) is 0 Å². The minimum absolute atomic E-state index is 0.127. The van der Waals surface area contributed by atoms with Crippen LogP contribution in [-0.4, -0.2) is 17.9 Å². The Morgan fingerprint density at radius 1 is 1.40 bits per heavy atom. The molecular formula is C14H14ClFN4. The maximum absolute atomic E-state index is 13.6. The van der Waals surface area contributed by atoms with Crippen LogP contribution < -0.4 is 10.6 Å². The molecule has 0 aliphatic rings. The predicted molar refractivity (Wildman–Crippen MR) is 78.8 cm³/mol. The van der Waals surface area contributed by atoms with E-state index in [9.17, 15) is 4.39 Å². The summed E-state index contributed by atoms with van der Waals surface area (Å²) in [6.45, 7) is 0.320. The number of nitrogens with two attached hydrogens (primary N) is 1. The van der Waals surface area contributed by atoms with E-state index in [-0.39, 0.29) is 11.7 Å². The highest BCUT2D eigenvalue weighted by molar-refractivity contribution is 6.36. The normalized spacial score (nSPS) is 10.3. The minimum Gasteiger partial charge on any atom is -0.384 e. The van der Waals surface area contributed by atoms with E-state index in [1.54, 1.807) is 36.2 Å². The molecule has 1 heterocycles. The standard InChI is InChI=1S/C14H14ClFN4/c1-20(8-9-4-2-3-5-11(9)16)14-12(15)10(13(17)18)6-7-19-14/h2-7H,8H2,1H3,(H3,17,18). The fourth-order valence-electron chi connectivity index (χ4n) is 1.86. The van der Waals surface area contributed by atoms with Crippen molar-refractivity contribution in [3.63, 3.8) is 0 Å². The average molecular weight is 293 g/mol. The van der Waals surface area contributed by atoms with E-state index in [2.05, 4.69) is 4.98 Å². The molecule has 0 radical (unpaired) electrons. The first kappa shape index (κ1) is 14.3. The molecule has 0 amide bonds. The van der Waals surface area contributed by atoms with Gasteiger partial charge in [-0.1, -0.05) is 29.8 Å². The number of pyridine rings is 1. The molecule has 20 heavy (non-hydrogen) atoms. The lowest BCUT2D eigenvalue weighted by Gasteiger charge is -2.20. The maximum atomic E-state index is 13.6. The van der Waals surface area contributed by atoms with Gasteiger partial charge in [0.15, 0.2) is 0 Å². The molecule has 104 valence electrons. The Balaban J connectivity index is 2.30. The molecule has 0 fully saturated rings. The van der Waals surface area contributed by atoms with Crippen LogP contribution in [0.5, 0.6) is 0 Å². The molecule has 4 nitrogen and oxygen atoms in total. The van der Waals surface area contributed by atoms with Gasteiger partial charge in [-0.2, -0.15) is 0 Å². The topological polar surface area (TPSA) is 66.0 Å². The molecule has 0 aliphatic heterocycles. The van der Waals surface area contributed by atoms with Crippen LogP contribution in [0.1, 0.15) is 11.1 Å². The molecule has 6 heteroatoms. The van der Waals surface area contributed by atoms with Gasteiger partial charge < -0.3 is 10.6 Å². The van der Waals surface area contributed by atoms with Crippen LogP contribution in [-0.2, 0) is 6.54 Å². The summed E-state index contributed by atoms with van der Waals surface area (Å²) in [5.74, 6) is 0.0544. The number of amidine groups is 1. The first-order valence-electron chi connectivity index (χ1n) is 5.94. The lowest BCUT2D eigenvalue weighted by Crippen LogP contribution is -2.21. The summed E-state index contributed by atoms with van der Waals surface area (Å²) in [4.78, 5) is 5.88. The van der Waals surface area contributed by atoms with Crippen molar-refractivity contribution in [3.8, 4) is 0 Å². The van der Waals surface area contributed by atoms with Crippen molar-refractivity contribution >= 4 is 23.3 Å². The van der Waals surface area contributed by atoms with Crippen molar-refractivity contribution in [2.24, 2.45) is 5.73 Å². The van der Waals surface area contributed by atoms with Gasteiger partial charge >= 0.3 is 0 Å². The van der Waals surface area contributed by atoms with Gasteiger partial charge in [-0.25, -0.2) is 9.37 Å². The van der Waals surface area contributed by atoms with Crippen molar-refractivity contribution in [2.45, 2.75) is 6.54 Å². The Kier molecular flexibility index (Phi) is 4.20. The van der Waals surface area contributed by atoms with Crippen LogP contribution in [0.15, 0.2) is 36.5 Å². The number of halogens is 2. The first-order valence-corrected chi connectivity index (χ1v) is 6.32. The number of benzene rings is 1. The third-order valence-electron chi connectivity index (χ3n) is 2.89. The lowest BCUT2D eigenvalue weighted by molar-refractivity contribution is 0.607. The molecule has 0 bridgehead atoms. The molecule has 2 aromatic rings. The van der Waals surface area contributed by atoms with E-state index in [0.29, 0.717) is 28.5 Å². The number of hydrogen-bond acceptors (Lipinski definition) is 3. The molecule has 3 N–H and O–H groups in total. The average Bonchev–Trinajstić information content (AvgIpc) is 2.41. The minimum atomic E-state index is -0.279. The lowest BCUT2D eigenvalue weighted by atomic mass is 10.2. The van der Waals surface area contributed by atoms with Crippen molar-refractivity contribution in [2.75, 3.05) is 11.9 Å². The molecule has 0 aliphatic carbocycles. The molecule has 0 saturated carbocycles. The van der Waals surface area contributed by atoms with Gasteiger partial charge in [0.05, 0.1) is 5.02 Å². The van der Waals surface area contributed by atoms with Gasteiger partial charge in [-0.3, -0.25) is 5.41 Å². The summed E-state index contributed by atoms with van der Waals surface area (Å²) < 4.78 is 13.6. The molecule has 2 rings (SSSR count). The van der Waals surface area contributed by atoms with Gasteiger partial charge in [-0.15, -0.1) is 0 Å². The Labute approximate surface area is 121 Å². The van der Waals surface area contributed by atoms with E-state index >= 15 is 0 Å². The van der Waals surface area contributed by atoms with Gasteiger partial charge in [-0.05, 0) is 12.1 Å². The van der Waals surface area contributed by atoms with Crippen LogP contribution in [0.25, 0.3) is 0 Å². The summed E-state index contributed by atoms with van der Waals surface area (Å²) in [6, 6.07) is 8.09. The Bertz CT molecular complexity index is 645. The van der Waals surface area contributed by atoms with Crippen molar-refractivity contribution in [1.29, 1.82) is 5.41 Å². The highest BCUT2D eigenvalue weighted by atomic mass is 35.5. The monoisotopic (exact) mass is 292 g/mol. The van der Waals surface area contributed by atoms with Crippen LogP contribution in [0.2, 0.25) is 5.02 Å². The predicted octanol–water partition coefficient (Wildman–Crippen LogP) is 2.79. The number of nitrogens with zero attached hydrogens (tertiary/aromatic N) is 2. The highest BCUT2D eigenvalue weighted by Gasteiger charge is 2.14. The smallest absolute Gasteiger partial charge is 0.148 e. The fraction of sp³-hybridized carbons (Fsp3) is 0.143. The van der Waals surface area contributed by atoms with Crippen molar-refractivity contribution < 1.29 is 4.39 Å². The zero-order valence-corrected chi connectivity index (χ0v) is 11.7. The summed E-state index contributed by atoms with van der Waals surface area (Å²) in [5, 5.41) is 7.75. The van der Waals surface area contributed by atoms with Crippen molar-refractivity contribution in [3.05, 3.63) is 58.5 Å². The van der Waals surface area contributed by atoms with Crippen LogP contribution in [0, 0.1) is 11.2 Å². The molecule has 0 unspecified atom stereocenters.